The highest BCUT2D eigenvalue weighted by atomic mass is 35.5. The van der Waals surface area contributed by atoms with Crippen LogP contribution in [0.5, 0.6) is 5.75 Å². The molecule has 0 radical (unpaired) electrons. The van der Waals surface area contributed by atoms with Crippen molar-refractivity contribution in [3.05, 3.63) is 101 Å². The molecule has 0 aliphatic heterocycles. The van der Waals surface area contributed by atoms with Crippen LogP contribution in [-0.4, -0.2) is 10.1 Å². The number of para-hydroxylation sites is 1. The third-order valence-electron chi connectivity index (χ3n) is 5.00. The molecule has 4 aromatic carbocycles. The van der Waals surface area contributed by atoms with Crippen LogP contribution in [0.2, 0.25) is 5.02 Å². The van der Waals surface area contributed by atoms with Crippen LogP contribution in [0.25, 0.3) is 21.0 Å². The first-order valence-corrected chi connectivity index (χ1v) is 10.5. The van der Waals surface area contributed by atoms with E-state index in [0.29, 0.717) is 5.02 Å². The van der Waals surface area contributed by atoms with E-state index in [-0.39, 0.29) is 11.8 Å². The number of nitrogens with one attached hydrogen (secondary N) is 1. The van der Waals surface area contributed by atoms with Gasteiger partial charge in [0.05, 0.1) is 16.3 Å². The normalized spacial score (nSPS) is 12.3. The van der Waals surface area contributed by atoms with E-state index in [1.54, 1.807) is 17.4 Å². The Morgan fingerprint density at radius 3 is 2.45 bits per heavy atom. The molecule has 1 heterocycles. The van der Waals surface area contributed by atoms with Crippen molar-refractivity contribution < 1.29 is 5.11 Å². The molecule has 0 saturated heterocycles. The molecule has 0 saturated carbocycles. The standard InChI is InChI=1S/C24H17ClN2OS/c25-17-12-9-16(10-13-17)23(27-24-26-19-7-3-4-8-21(19)29-24)22-18-6-2-1-5-15(18)11-14-20(22)28/h1-14,23,28H,(H,26,27). The summed E-state index contributed by atoms with van der Waals surface area (Å²) in [7, 11) is 0. The molecule has 3 nitrogen and oxygen atoms in total. The van der Waals surface area contributed by atoms with Gasteiger partial charge in [0.2, 0.25) is 0 Å². The SMILES string of the molecule is Oc1ccc2ccccc2c1C(Nc1nc2ccccc2s1)c1ccc(Cl)cc1. The summed E-state index contributed by atoms with van der Waals surface area (Å²) in [6.45, 7) is 0. The van der Waals surface area contributed by atoms with Gasteiger partial charge in [0.25, 0.3) is 0 Å². The molecule has 0 bridgehead atoms. The summed E-state index contributed by atoms with van der Waals surface area (Å²) >= 11 is 7.72. The Hall–Kier alpha value is -3.08. The maximum atomic E-state index is 10.8. The van der Waals surface area contributed by atoms with Crippen molar-refractivity contribution in [2.45, 2.75) is 6.04 Å². The molecule has 0 spiro atoms. The number of benzene rings is 4. The Morgan fingerprint density at radius 2 is 1.62 bits per heavy atom. The first-order valence-electron chi connectivity index (χ1n) is 9.27. The zero-order chi connectivity index (χ0) is 19.8. The highest BCUT2D eigenvalue weighted by molar-refractivity contribution is 7.22. The van der Waals surface area contributed by atoms with Crippen LogP contribution in [0.4, 0.5) is 5.13 Å². The first kappa shape index (κ1) is 18.0. The number of anilines is 1. The van der Waals surface area contributed by atoms with E-state index in [2.05, 4.69) is 17.4 Å². The predicted octanol–water partition coefficient (Wildman–Crippen LogP) is 7.01. The number of phenols is 1. The number of nitrogens with zero attached hydrogens (tertiary/aromatic N) is 1. The van der Waals surface area contributed by atoms with Gasteiger partial charge in [-0.2, -0.15) is 0 Å². The monoisotopic (exact) mass is 416 g/mol. The van der Waals surface area contributed by atoms with E-state index in [0.717, 1.165) is 37.2 Å². The maximum absolute atomic E-state index is 10.8. The average molecular weight is 417 g/mol. The van der Waals surface area contributed by atoms with Crippen LogP contribution in [0, 0.1) is 0 Å². The lowest BCUT2D eigenvalue weighted by Gasteiger charge is -2.22. The van der Waals surface area contributed by atoms with Crippen molar-refractivity contribution in [3.63, 3.8) is 0 Å². The van der Waals surface area contributed by atoms with Crippen molar-refractivity contribution >= 4 is 49.1 Å². The minimum atomic E-state index is -0.279. The molecule has 2 N–H and O–H groups in total. The molecule has 1 atom stereocenters. The number of phenolic OH excluding ortho intramolecular Hbond substituents is 1. The number of thiazole rings is 1. The Kier molecular flexibility index (Phi) is 4.58. The molecule has 142 valence electrons. The van der Waals surface area contributed by atoms with Crippen molar-refractivity contribution in [1.82, 2.24) is 4.98 Å². The second-order valence-corrected chi connectivity index (χ2v) is 8.30. The second kappa shape index (κ2) is 7.39. The topological polar surface area (TPSA) is 45.1 Å². The minimum Gasteiger partial charge on any atom is -0.508 e. The molecule has 29 heavy (non-hydrogen) atoms. The lowest BCUT2D eigenvalue weighted by atomic mass is 9.93. The van der Waals surface area contributed by atoms with Crippen LogP contribution >= 0.6 is 22.9 Å². The van der Waals surface area contributed by atoms with Crippen LogP contribution in [0.1, 0.15) is 17.2 Å². The number of fused-ring (bicyclic) bond motifs is 2. The number of hydrogen-bond acceptors (Lipinski definition) is 4. The van der Waals surface area contributed by atoms with Gasteiger partial charge in [-0.1, -0.05) is 77.5 Å². The van der Waals surface area contributed by atoms with Crippen molar-refractivity contribution in [2.24, 2.45) is 0 Å². The fraction of sp³-hybridized carbons (Fsp3) is 0.0417. The molecular formula is C24H17ClN2OS. The number of halogens is 1. The zero-order valence-corrected chi connectivity index (χ0v) is 16.9. The van der Waals surface area contributed by atoms with Gasteiger partial charge in [0.1, 0.15) is 5.75 Å². The third kappa shape index (κ3) is 3.41. The molecule has 1 aromatic heterocycles. The quantitative estimate of drug-likeness (QED) is 0.331. The molecule has 5 aromatic rings. The van der Waals surface area contributed by atoms with E-state index in [4.69, 9.17) is 16.6 Å². The third-order valence-corrected chi connectivity index (χ3v) is 6.22. The van der Waals surface area contributed by atoms with E-state index >= 15 is 0 Å². The van der Waals surface area contributed by atoms with E-state index in [1.165, 1.54) is 0 Å². The Bertz CT molecular complexity index is 1280. The van der Waals surface area contributed by atoms with Gasteiger partial charge in [-0.05, 0) is 46.7 Å². The van der Waals surface area contributed by atoms with Crippen LogP contribution in [-0.2, 0) is 0 Å². The van der Waals surface area contributed by atoms with E-state index < -0.39 is 0 Å². The smallest absolute Gasteiger partial charge is 0.184 e. The van der Waals surface area contributed by atoms with E-state index in [9.17, 15) is 5.11 Å². The predicted molar refractivity (Wildman–Crippen MR) is 122 cm³/mol. The van der Waals surface area contributed by atoms with Gasteiger partial charge in [-0.3, -0.25) is 0 Å². The van der Waals surface area contributed by atoms with Crippen LogP contribution < -0.4 is 5.32 Å². The summed E-state index contributed by atoms with van der Waals surface area (Å²) in [6.07, 6.45) is 0. The molecule has 0 amide bonds. The highest BCUT2D eigenvalue weighted by Gasteiger charge is 2.22. The van der Waals surface area contributed by atoms with Gasteiger partial charge >= 0.3 is 0 Å². The molecule has 0 fully saturated rings. The molecule has 0 aliphatic rings. The van der Waals surface area contributed by atoms with Crippen molar-refractivity contribution in [1.29, 1.82) is 0 Å². The number of aromatic nitrogens is 1. The molecule has 5 heteroatoms. The lowest BCUT2D eigenvalue weighted by molar-refractivity contribution is 0.468. The molecule has 5 rings (SSSR count). The fourth-order valence-corrected chi connectivity index (χ4v) is 4.64. The largest absolute Gasteiger partial charge is 0.508 e. The van der Waals surface area contributed by atoms with E-state index in [1.807, 2.05) is 66.7 Å². The number of aromatic hydroxyl groups is 1. The van der Waals surface area contributed by atoms with Gasteiger partial charge in [-0.15, -0.1) is 0 Å². The minimum absolute atomic E-state index is 0.247. The van der Waals surface area contributed by atoms with Gasteiger partial charge in [-0.25, -0.2) is 4.98 Å². The van der Waals surface area contributed by atoms with Gasteiger partial charge in [0.15, 0.2) is 5.13 Å². The highest BCUT2D eigenvalue weighted by Crippen LogP contribution is 2.39. The Morgan fingerprint density at radius 1 is 0.862 bits per heavy atom. The van der Waals surface area contributed by atoms with Gasteiger partial charge < -0.3 is 10.4 Å². The lowest BCUT2D eigenvalue weighted by Crippen LogP contribution is -2.13. The van der Waals surface area contributed by atoms with Gasteiger partial charge in [0, 0.05) is 10.6 Å². The Balaban J connectivity index is 1.69. The average Bonchev–Trinajstić information content (AvgIpc) is 3.16. The summed E-state index contributed by atoms with van der Waals surface area (Å²) in [4.78, 5) is 4.73. The molecule has 1 unspecified atom stereocenters. The number of hydrogen-bond donors (Lipinski definition) is 2. The summed E-state index contributed by atoms with van der Waals surface area (Å²) in [5.41, 5.74) is 2.78. The van der Waals surface area contributed by atoms with Crippen molar-refractivity contribution in [3.8, 4) is 5.75 Å². The molecular weight excluding hydrogens is 400 g/mol. The van der Waals surface area contributed by atoms with Crippen LogP contribution in [0.15, 0.2) is 84.9 Å². The Labute approximate surface area is 177 Å². The fourth-order valence-electron chi connectivity index (χ4n) is 3.62. The summed E-state index contributed by atoms with van der Waals surface area (Å²) in [5.74, 6) is 0.247. The second-order valence-electron chi connectivity index (χ2n) is 6.84. The summed E-state index contributed by atoms with van der Waals surface area (Å²) in [6, 6.07) is 27.2. The zero-order valence-electron chi connectivity index (χ0n) is 15.3. The maximum Gasteiger partial charge on any atom is 0.184 e. The van der Waals surface area contributed by atoms with Crippen molar-refractivity contribution in [2.75, 3.05) is 5.32 Å². The first-order chi connectivity index (χ1) is 14.2. The summed E-state index contributed by atoms with van der Waals surface area (Å²) < 4.78 is 1.12. The van der Waals surface area contributed by atoms with Crippen LogP contribution in [0.3, 0.4) is 0 Å². The summed E-state index contributed by atoms with van der Waals surface area (Å²) in [5, 5.41) is 17.9. The molecule has 0 aliphatic carbocycles. The number of rotatable bonds is 4.